The predicted molar refractivity (Wildman–Crippen MR) is 131 cm³/mol. The van der Waals surface area contributed by atoms with E-state index in [-0.39, 0.29) is 43.5 Å². The largest absolute Gasteiger partial charge is 0.470 e. The molecule has 0 amide bonds. The number of methoxy groups -OCH3 is 1. The maximum atomic E-state index is 15.1. The first kappa shape index (κ1) is 26.8. The first-order valence-electron chi connectivity index (χ1n) is 11.9. The Morgan fingerprint density at radius 3 is 2.50 bits per heavy atom. The lowest BCUT2D eigenvalue weighted by molar-refractivity contribution is -0.157. The number of alkyl halides is 3. The number of ether oxygens (including phenoxy) is 1. The number of aromatic nitrogens is 6. The van der Waals surface area contributed by atoms with E-state index in [1.807, 2.05) is 4.90 Å². The van der Waals surface area contributed by atoms with Crippen LogP contribution in [0.15, 0.2) is 46.0 Å². The average Bonchev–Trinajstić information content (AvgIpc) is 3.59. The fourth-order valence-electron chi connectivity index (χ4n) is 4.23. The minimum absolute atomic E-state index is 0.0176. The van der Waals surface area contributed by atoms with Crippen LogP contribution in [0, 0.1) is 17.1 Å². The molecule has 0 atom stereocenters. The minimum atomic E-state index is -4.73. The summed E-state index contributed by atoms with van der Waals surface area (Å²) in [6.07, 6.45) is -2.00. The van der Waals surface area contributed by atoms with Crippen molar-refractivity contribution in [2.24, 2.45) is 0 Å². The Kier molecular flexibility index (Phi) is 7.22. The van der Waals surface area contributed by atoms with Crippen LogP contribution in [-0.4, -0.2) is 69.4 Å². The maximum absolute atomic E-state index is 15.1. The van der Waals surface area contributed by atoms with Gasteiger partial charge in [-0.3, -0.25) is 0 Å². The molecule has 4 heterocycles. The number of pyridine rings is 1. The van der Waals surface area contributed by atoms with Gasteiger partial charge in [0.1, 0.15) is 24.0 Å². The summed E-state index contributed by atoms with van der Waals surface area (Å²) < 4.78 is 65.3. The average molecular weight is 559 g/mol. The van der Waals surface area contributed by atoms with Crippen molar-refractivity contribution in [3.8, 4) is 22.9 Å². The number of rotatable bonds is 7. The van der Waals surface area contributed by atoms with Gasteiger partial charge in [-0.1, -0.05) is 11.2 Å². The highest BCUT2D eigenvalue weighted by Gasteiger charge is 2.39. The highest BCUT2D eigenvalue weighted by Crippen LogP contribution is 2.31. The van der Waals surface area contributed by atoms with Crippen LogP contribution >= 0.6 is 0 Å². The van der Waals surface area contributed by atoms with Gasteiger partial charge < -0.3 is 19.0 Å². The third-order valence-electron chi connectivity index (χ3n) is 6.27. The Balaban J connectivity index is 1.31. The van der Waals surface area contributed by atoms with E-state index in [4.69, 9.17) is 9.15 Å². The van der Waals surface area contributed by atoms with Crippen molar-refractivity contribution in [3.05, 3.63) is 64.5 Å². The van der Waals surface area contributed by atoms with Gasteiger partial charge in [-0.2, -0.15) is 23.5 Å². The molecule has 1 saturated heterocycles. The highest BCUT2D eigenvalue weighted by molar-refractivity contribution is 5.69. The second-order valence-corrected chi connectivity index (χ2v) is 8.73. The molecular weight excluding hydrogens is 538 g/mol. The number of nitrogens with zero attached hydrogens (tertiary/aromatic N) is 9. The molecule has 3 aromatic heterocycles. The molecule has 0 aliphatic carbocycles. The van der Waals surface area contributed by atoms with Gasteiger partial charge in [-0.15, -0.1) is 5.10 Å². The van der Waals surface area contributed by atoms with Gasteiger partial charge in [0, 0.05) is 45.0 Å². The third kappa shape index (κ3) is 5.23. The lowest BCUT2D eigenvalue weighted by Gasteiger charge is -2.34. The molecule has 0 saturated carbocycles. The summed E-state index contributed by atoms with van der Waals surface area (Å²) in [6, 6.07) is 7.73. The highest BCUT2D eigenvalue weighted by atomic mass is 19.4. The number of benzene rings is 1. The van der Waals surface area contributed by atoms with Crippen LogP contribution in [0.3, 0.4) is 0 Å². The van der Waals surface area contributed by atoms with Crippen molar-refractivity contribution in [2.75, 3.05) is 49.7 Å². The second-order valence-electron chi connectivity index (χ2n) is 8.73. The van der Waals surface area contributed by atoms with Gasteiger partial charge in [-0.25, -0.2) is 23.4 Å². The number of nitriles is 1. The van der Waals surface area contributed by atoms with Gasteiger partial charge in [0.05, 0.1) is 24.4 Å². The van der Waals surface area contributed by atoms with Crippen molar-refractivity contribution in [3.63, 3.8) is 0 Å². The molecule has 1 fully saturated rings. The smallest absolute Gasteiger partial charge is 0.399 e. The summed E-state index contributed by atoms with van der Waals surface area (Å²) in [5.41, 5.74) is 0.671. The molecule has 208 valence electrons. The molecule has 1 aliphatic heterocycles. The molecule has 1 aliphatic rings. The minimum Gasteiger partial charge on any atom is -0.399 e. The van der Waals surface area contributed by atoms with Gasteiger partial charge in [0.2, 0.25) is 0 Å². The molecule has 5 rings (SSSR count). The quantitative estimate of drug-likeness (QED) is 0.311. The van der Waals surface area contributed by atoms with Crippen LogP contribution in [0.4, 0.5) is 29.4 Å². The van der Waals surface area contributed by atoms with Gasteiger partial charge in [0.15, 0.2) is 0 Å². The first-order valence-corrected chi connectivity index (χ1v) is 11.9. The van der Waals surface area contributed by atoms with E-state index in [2.05, 4.69) is 26.3 Å². The van der Waals surface area contributed by atoms with E-state index in [9.17, 15) is 23.2 Å². The van der Waals surface area contributed by atoms with E-state index >= 15 is 4.39 Å². The summed E-state index contributed by atoms with van der Waals surface area (Å²) in [4.78, 5) is 20.3. The summed E-state index contributed by atoms with van der Waals surface area (Å²) >= 11 is 0. The zero-order chi connectivity index (χ0) is 28.4. The van der Waals surface area contributed by atoms with E-state index < -0.39 is 23.6 Å². The molecule has 0 unspecified atom stereocenters. The molecule has 4 aromatic rings. The molecular formula is C24H21F4N9O3. The van der Waals surface area contributed by atoms with E-state index in [1.54, 1.807) is 12.1 Å². The standard InChI is InChI=1S/C24H21F4N9O3/c1-39-9-8-37-23(38)36(14-31-37)19-3-2-15(11-18(19)25)17-10-16(12-29)20(30-13-17)34-4-6-35(7-5-34)22-33-32-21(40-22)24(26,27)28/h2-3,10-11,13-14H,4-9H2,1H3. The van der Waals surface area contributed by atoms with Crippen molar-refractivity contribution in [2.45, 2.75) is 12.7 Å². The molecule has 40 heavy (non-hydrogen) atoms. The summed E-state index contributed by atoms with van der Waals surface area (Å²) in [6.45, 7) is 1.70. The molecule has 1 aromatic carbocycles. The topological polar surface area (TPSA) is 131 Å². The summed E-state index contributed by atoms with van der Waals surface area (Å²) in [5, 5.41) is 20.3. The van der Waals surface area contributed by atoms with Crippen LogP contribution in [0.1, 0.15) is 11.5 Å². The number of hydrogen-bond acceptors (Lipinski definition) is 10. The molecule has 0 bridgehead atoms. The maximum Gasteiger partial charge on any atom is 0.470 e. The summed E-state index contributed by atoms with van der Waals surface area (Å²) in [5.74, 6) is -1.69. The fraction of sp³-hybridized carbons (Fsp3) is 0.333. The number of piperazine rings is 1. The Morgan fingerprint density at radius 1 is 1.10 bits per heavy atom. The molecule has 0 N–H and O–H groups in total. The Bertz CT molecular complexity index is 1610. The Hall–Kier alpha value is -4.78. The van der Waals surface area contributed by atoms with Crippen molar-refractivity contribution >= 4 is 11.8 Å². The van der Waals surface area contributed by atoms with Crippen molar-refractivity contribution in [1.29, 1.82) is 5.26 Å². The normalized spacial score (nSPS) is 14.0. The van der Waals surface area contributed by atoms with Crippen LogP contribution in [0.25, 0.3) is 16.8 Å². The Morgan fingerprint density at radius 2 is 1.85 bits per heavy atom. The number of halogens is 4. The van der Waals surface area contributed by atoms with Gasteiger partial charge >= 0.3 is 23.8 Å². The SMILES string of the molecule is COCCn1ncn(-c2ccc(-c3cnc(N4CCN(c5nnc(C(F)(F)F)o5)CC4)c(C#N)c3)cc2F)c1=O. The zero-order valence-electron chi connectivity index (χ0n) is 21.0. The van der Waals surface area contributed by atoms with E-state index in [0.29, 0.717) is 30.0 Å². The zero-order valence-corrected chi connectivity index (χ0v) is 21.0. The van der Waals surface area contributed by atoms with Crippen LogP contribution in [0.5, 0.6) is 0 Å². The van der Waals surface area contributed by atoms with Crippen molar-refractivity contribution < 1.29 is 26.7 Å². The van der Waals surface area contributed by atoms with Gasteiger partial charge in [0.25, 0.3) is 0 Å². The van der Waals surface area contributed by atoms with Gasteiger partial charge in [-0.05, 0) is 23.8 Å². The van der Waals surface area contributed by atoms with Crippen LogP contribution < -0.4 is 15.5 Å². The lowest BCUT2D eigenvalue weighted by Crippen LogP contribution is -2.47. The monoisotopic (exact) mass is 559 g/mol. The molecule has 12 nitrogen and oxygen atoms in total. The molecule has 0 spiro atoms. The molecule has 0 radical (unpaired) electrons. The van der Waals surface area contributed by atoms with Crippen molar-refractivity contribution in [1.82, 2.24) is 29.5 Å². The van der Waals surface area contributed by atoms with E-state index in [1.165, 1.54) is 41.3 Å². The first-order chi connectivity index (χ1) is 19.2. The number of hydrogen-bond donors (Lipinski definition) is 0. The second kappa shape index (κ2) is 10.8. The predicted octanol–water partition coefficient (Wildman–Crippen LogP) is 2.48. The Labute approximate surface area is 223 Å². The van der Waals surface area contributed by atoms with Crippen LogP contribution in [0.2, 0.25) is 0 Å². The summed E-state index contributed by atoms with van der Waals surface area (Å²) in [7, 11) is 1.50. The molecule has 16 heteroatoms. The van der Waals surface area contributed by atoms with Crippen LogP contribution in [-0.2, 0) is 17.5 Å². The third-order valence-corrected chi connectivity index (χ3v) is 6.27. The fourth-order valence-corrected chi connectivity index (χ4v) is 4.23. The lowest BCUT2D eigenvalue weighted by atomic mass is 10.0. The van der Waals surface area contributed by atoms with E-state index in [0.717, 1.165) is 4.57 Å². The number of anilines is 2.